The molecule has 0 amide bonds. The zero-order valence-corrected chi connectivity index (χ0v) is 10.7. The first-order chi connectivity index (χ1) is 7.18. The lowest BCUT2D eigenvalue weighted by molar-refractivity contribution is 0.630. The summed E-state index contributed by atoms with van der Waals surface area (Å²) < 4.78 is 3.89. The van der Waals surface area contributed by atoms with Crippen LogP contribution in [0.4, 0.5) is 0 Å². The molecule has 0 aliphatic heterocycles. The molecule has 1 unspecified atom stereocenters. The molecule has 1 heterocycles. The van der Waals surface area contributed by atoms with E-state index in [0.717, 1.165) is 9.24 Å². The van der Waals surface area contributed by atoms with Crippen LogP contribution in [0.15, 0.2) is 41.1 Å². The Kier molecular flexibility index (Phi) is 3.07. The minimum Gasteiger partial charge on any atom is -0.337 e. The fourth-order valence-electron chi connectivity index (χ4n) is 1.54. The van der Waals surface area contributed by atoms with Crippen molar-refractivity contribution < 1.29 is 0 Å². The molecule has 0 aliphatic carbocycles. The lowest BCUT2D eigenvalue weighted by Gasteiger charge is -2.13. The monoisotopic (exact) mass is 282 g/mol. The fraction of sp³-hybridized carbons (Fsp3) is 0.182. The number of aromatic amines is 1. The topological polar surface area (TPSA) is 20.7 Å². The number of imidazole rings is 1. The summed E-state index contributed by atoms with van der Waals surface area (Å²) in [7, 11) is 0. The highest BCUT2D eigenvalue weighted by atomic mass is 79.9. The van der Waals surface area contributed by atoms with Crippen LogP contribution < -0.4 is 0 Å². The summed E-state index contributed by atoms with van der Waals surface area (Å²) in [5.74, 6) is 0. The maximum Gasteiger partial charge on any atom is 0.177 e. The first kappa shape index (κ1) is 10.6. The third-order valence-electron chi connectivity index (χ3n) is 2.45. The first-order valence-electron chi connectivity index (χ1n) is 4.69. The molecule has 0 bridgehead atoms. The molecule has 2 aromatic rings. The molecular formula is C11H11BrN2S. The van der Waals surface area contributed by atoms with Crippen LogP contribution in [0.3, 0.4) is 0 Å². The predicted octanol–water partition coefficient (Wildman–Crippen LogP) is 3.92. The van der Waals surface area contributed by atoms with Crippen molar-refractivity contribution in [1.29, 1.82) is 0 Å². The smallest absolute Gasteiger partial charge is 0.177 e. The van der Waals surface area contributed by atoms with Crippen LogP contribution >= 0.6 is 28.1 Å². The highest BCUT2D eigenvalue weighted by Crippen LogP contribution is 2.20. The first-order valence-corrected chi connectivity index (χ1v) is 5.89. The number of aromatic nitrogens is 2. The van der Waals surface area contributed by atoms with Crippen molar-refractivity contribution >= 4 is 28.1 Å². The van der Waals surface area contributed by atoms with Crippen molar-refractivity contribution in [2.45, 2.75) is 13.0 Å². The van der Waals surface area contributed by atoms with Gasteiger partial charge in [0.1, 0.15) is 0 Å². The number of benzene rings is 1. The van der Waals surface area contributed by atoms with Crippen LogP contribution in [0.25, 0.3) is 0 Å². The van der Waals surface area contributed by atoms with Gasteiger partial charge in [-0.15, -0.1) is 0 Å². The van der Waals surface area contributed by atoms with Gasteiger partial charge in [-0.25, -0.2) is 0 Å². The summed E-state index contributed by atoms with van der Waals surface area (Å²) in [5, 5.41) is 0. The standard InChI is InChI=1S/C11H11BrN2S/c1-8(14-7-6-13-11(14)15)9-2-4-10(12)5-3-9/h2-8H,1H3,(H,13,15). The van der Waals surface area contributed by atoms with E-state index in [1.54, 1.807) is 0 Å². The van der Waals surface area contributed by atoms with Gasteiger partial charge in [0.2, 0.25) is 0 Å². The molecule has 1 aromatic carbocycles. The molecule has 0 radical (unpaired) electrons. The Labute approximate surface area is 102 Å². The molecule has 0 saturated heterocycles. The van der Waals surface area contributed by atoms with E-state index in [0.29, 0.717) is 0 Å². The third-order valence-corrected chi connectivity index (χ3v) is 3.30. The Morgan fingerprint density at radius 1 is 1.33 bits per heavy atom. The highest BCUT2D eigenvalue weighted by Gasteiger charge is 2.07. The number of nitrogens with one attached hydrogen (secondary N) is 1. The van der Waals surface area contributed by atoms with Gasteiger partial charge in [0.15, 0.2) is 4.77 Å². The molecule has 0 aliphatic rings. The Balaban J connectivity index is 2.36. The summed E-state index contributed by atoms with van der Waals surface area (Å²) in [5.41, 5.74) is 1.24. The molecule has 4 heteroatoms. The van der Waals surface area contributed by atoms with Gasteiger partial charge < -0.3 is 9.55 Å². The Morgan fingerprint density at radius 3 is 2.53 bits per heavy atom. The molecule has 0 spiro atoms. The van der Waals surface area contributed by atoms with Gasteiger partial charge in [-0.05, 0) is 36.8 Å². The van der Waals surface area contributed by atoms with E-state index >= 15 is 0 Å². The van der Waals surface area contributed by atoms with Gasteiger partial charge in [-0.1, -0.05) is 28.1 Å². The van der Waals surface area contributed by atoms with Crippen LogP contribution in [0.5, 0.6) is 0 Å². The van der Waals surface area contributed by atoms with Crippen LogP contribution in [0.1, 0.15) is 18.5 Å². The number of nitrogens with zero attached hydrogens (tertiary/aromatic N) is 1. The van der Waals surface area contributed by atoms with E-state index in [1.807, 2.05) is 29.1 Å². The fourth-order valence-corrected chi connectivity index (χ4v) is 2.09. The van der Waals surface area contributed by atoms with E-state index in [1.165, 1.54) is 5.56 Å². The zero-order chi connectivity index (χ0) is 10.8. The minimum absolute atomic E-state index is 0.261. The molecule has 78 valence electrons. The second-order valence-electron chi connectivity index (χ2n) is 3.40. The average Bonchev–Trinajstić information content (AvgIpc) is 2.65. The van der Waals surface area contributed by atoms with Gasteiger partial charge in [0.05, 0.1) is 6.04 Å². The Hall–Kier alpha value is -0.870. The molecule has 0 saturated carbocycles. The number of hydrogen-bond acceptors (Lipinski definition) is 1. The average molecular weight is 283 g/mol. The normalized spacial score (nSPS) is 12.7. The van der Waals surface area contributed by atoms with Crippen molar-refractivity contribution in [1.82, 2.24) is 9.55 Å². The molecule has 1 aromatic heterocycles. The lowest BCUT2D eigenvalue weighted by atomic mass is 10.1. The Bertz CT molecular complexity index is 498. The van der Waals surface area contributed by atoms with Crippen molar-refractivity contribution in [3.05, 3.63) is 51.5 Å². The van der Waals surface area contributed by atoms with E-state index in [9.17, 15) is 0 Å². The summed E-state index contributed by atoms with van der Waals surface area (Å²) in [4.78, 5) is 3.00. The number of rotatable bonds is 2. The van der Waals surface area contributed by atoms with Gasteiger partial charge in [0, 0.05) is 16.9 Å². The van der Waals surface area contributed by atoms with Gasteiger partial charge in [-0.3, -0.25) is 0 Å². The summed E-state index contributed by atoms with van der Waals surface area (Å²) in [6.45, 7) is 2.13. The number of hydrogen-bond donors (Lipinski definition) is 1. The van der Waals surface area contributed by atoms with Crippen LogP contribution in [0, 0.1) is 4.77 Å². The predicted molar refractivity (Wildman–Crippen MR) is 67.6 cm³/mol. The second-order valence-corrected chi connectivity index (χ2v) is 4.70. The second kappa shape index (κ2) is 4.33. The van der Waals surface area contributed by atoms with Crippen LogP contribution in [-0.2, 0) is 0 Å². The Morgan fingerprint density at radius 2 is 2.00 bits per heavy atom. The van der Waals surface area contributed by atoms with Crippen molar-refractivity contribution in [2.75, 3.05) is 0 Å². The van der Waals surface area contributed by atoms with Gasteiger partial charge in [-0.2, -0.15) is 0 Å². The molecule has 0 fully saturated rings. The SMILES string of the molecule is CC(c1ccc(Br)cc1)n1cc[nH]c1=S. The van der Waals surface area contributed by atoms with Crippen molar-refractivity contribution in [3.8, 4) is 0 Å². The number of halogens is 1. The third kappa shape index (κ3) is 2.21. The van der Waals surface area contributed by atoms with E-state index in [4.69, 9.17) is 12.2 Å². The maximum atomic E-state index is 5.19. The van der Waals surface area contributed by atoms with Crippen molar-refractivity contribution in [2.24, 2.45) is 0 Å². The highest BCUT2D eigenvalue weighted by molar-refractivity contribution is 9.10. The maximum absolute atomic E-state index is 5.19. The van der Waals surface area contributed by atoms with Gasteiger partial charge >= 0.3 is 0 Å². The minimum atomic E-state index is 0.261. The van der Waals surface area contributed by atoms with Crippen LogP contribution in [-0.4, -0.2) is 9.55 Å². The zero-order valence-electron chi connectivity index (χ0n) is 8.27. The molecular weight excluding hydrogens is 272 g/mol. The van der Waals surface area contributed by atoms with Crippen LogP contribution in [0.2, 0.25) is 0 Å². The van der Waals surface area contributed by atoms with E-state index in [2.05, 4.69) is 40.0 Å². The molecule has 1 N–H and O–H groups in total. The molecule has 2 nitrogen and oxygen atoms in total. The summed E-state index contributed by atoms with van der Waals surface area (Å²) in [6, 6.07) is 8.55. The number of H-pyrrole nitrogens is 1. The molecule has 2 rings (SSSR count). The lowest BCUT2D eigenvalue weighted by Crippen LogP contribution is -2.05. The van der Waals surface area contributed by atoms with Crippen molar-refractivity contribution in [3.63, 3.8) is 0 Å². The summed E-state index contributed by atoms with van der Waals surface area (Å²) >= 11 is 8.61. The largest absolute Gasteiger partial charge is 0.337 e. The van der Waals surface area contributed by atoms with Gasteiger partial charge in [0.25, 0.3) is 0 Å². The van der Waals surface area contributed by atoms with E-state index < -0.39 is 0 Å². The quantitative estimate of drug-likeness (QED) is 0.828. The molecule has 1 atom stereocenters. The summed E-state index contributed by atoms with van der Waals surface area (Å²) in [6.07, 6.45) is 3.83. The van der Waals surface area contributed by atoms with E-state index in [-0.39, 0.29) is 6.04 Å². The molecule has 15 heavy (non-hydrogen) atoms.